The van der Waals surface area contributed by atoms with Crippen LogP contribution in [0.1, 0.15) is 17.0 Å². The number of amides is 2. The summed E-state index contributed by atoms with van der Waals surface area (Å²) in [5.41, 5.74) is 2.00. The van der Waals surface area contributed by atoms with Gasteiger partial charge in [-0.15, -0.1) is 0 Å². The van der Waals surface area contributed by atoms with Crippen molar-refractivity contribution in [3.05, 3.63) is 78.1 Å². The van der Waals surface area contributed by atoms with E-state index in [1.165, 1.54) is 4.90 Å². The molecule has 2 aromatic carbocycles. The summed E-state index contributed by atoms with van der Waals surface area (Å²) in [4.78, 5) is 29.9. The average molecular weight is 375 g/mol. The third-order valence-corrected chi connectivity index (χ3v) is 5.38. The molecular formula is C22H21N3O3. The Labute approximate surface area is 162 Å². The highest BCUT2D eigenvalue weighted by atomic mass is 16.4. The number of nitrogens with zero attached hydrogens (tertiary/aromatic N) is 2. The van der Waals surface area contributed by atoms with Crippen LogP contribution in [-0.2, 0) is 11.3 Å². The van der Waals surface area contributed by atoms with E-state index in [2.05, 4.69) is 10.3 Å². The number of benzene rings is 2. The predicted molar refractivity (Wildman–Crippen MR) is 106 cm³/mol. The summed E-state index contributed by atoms with van der Waals surface area (Å²) in [6.07, 6.45) is 2.55. The molecule has 2 N–H and O–H groups in total. The Bertz CT molecular complexity index is 1000. The third kappa shape index (κ3) is 3.53. The molecule has 0 spiro atoms. The monoisotopic (exact) mass is 375 g/mol. The van der Waals surface area contributed by atoms with Crippen LogP contribution in [0.3, 0.4) is 0 Å². The van der Waals surface area contributed by atoms with Gasteiger partial charge in [0, 0.05) is 43.3 Å². The zero-order chi connectivity index (χ0) is 19.5. The number of fused-ring (bicyclic) bond motifs is 1. The van der Waals surface area contributed by atoms with E-state index in [1.807, 2.05) is 54.6 Å². The van der Waals surface area contributed by atoms with Crippen LogP contribution in [0.15, 0.2) is 67.0 Å². The summed E-state index contributed by atoms with van der Waals surface area (Å²) >= 11 is 0. The van der Waals surface area contributed by atoms with Gasteiger partial charge in [0.15, 0.2) is 0 Å². The van der Waals surface area contributed by atoms with Crippen molar-refractivity contribution in [3.63, 3.8) is 0 Å². The second-order valence-electron chi connectivity index (χ2n) is 7.04. The highest BCUT2D eigenvalue weighted by molar-refractivity contribution is 5.86. The van der Waals surface area contributed by atoms with Gasteiger partial charge in [0.25, 0.3) is 0 Å². The van der Waals surface area contributed by atoms with Crippen molar-refractivity contribution in [2.45, 2.75) is 12.5 Å². The van der Waals surface area contributed by atoms with Crippen LogP contribution in [0.2, 0.25) is 0 Å². The molecule has 0 aliphatic carbocycles. The van der Waals surface area contributed by atoms with Gasteiger partial charge < -0.3 is 15.3 Å². The van der Waals surface area contributed by atoms with Crippen LogP contribution in [0.5, 0.6) is 0 Å². The maximum absolute atomic E-state index is 13.0. The number of carboxylic acid groups (broad SMARTS) is 1. The van der Waals surface area contributed by atoms with Gasteiger partial charge in [-0.2, -0.15) is 0 Å². The fourth-order valence-corrected chi connectivity index (χ4v) is 3.92. The second-order valence-corrected chi connectivity index (χ2v) is 7.04. The Morgan fingerprint density at radius 3 is 2.68 bits per heavy atom. The lowest BCUT2D eigenvalue weighted by Crippen LogP contribution is -2.35. The molecule has 28 heavy (non-hydrogen) atoms. The number of rotatable bonds is 4. The van der Waals surface area contributed by atoms with Crippen LogP contribution in [0.4, 0.5) is 4.79 Å². The SMILES string of the molecule is O=C(NCc1cccc2cnccc12)[C@@H]1CN(C(=O)O)C[C@H]1c1ccccc1. The Kier molecular flexibility index (Phi) is 4.93. The molecular weight excluding hydrogens is 354 g/mol. The number of carbonyl (C=O) groups excluding carboxylic acids is 1. The van der Waals surface area contributed by atoms with E-state index >= 15 is 0 Å². The first-order valence-corrected chi connectivity index (χ1v) is 9.25. The molecule has 2 amide bonds. The predicted octanol–water partition coefficient (Wildman–Crippen LogP) is 3.24. The van der Waals surface area contributed by atoms with Crippen molar-refractivity contribution in [3.8, 4) is 0 Å². The van der Waals surface area contributed by atoms with Gasteiger partial charge in [0.05, 0.1) is 5.92 Å². The smallest absolute Gasteiger partial charge is 0.407 e. The summed E-state index contributed by atoms with van der Waals surface area (Å²) in [5.74, 6) is -0.673. The molecule has 1 aliphatic rings. The van der Waals surface area contributed by atoms with E-state index in [-0.39, 0.29) is 18.4 Å². The van der Waals surface area contributed by atoms with Crippen molar-refractivity contribution >= 4 is 22.8 Å². The first kappa shape index (κ1) is 18.0. The lowest BCUT2D eigenvalue weighted by molar-refractivity contribution is -0.125. The molecule has 3 aromatic rings. The number of pyridine rings is 1. The standard InChI is InChI=1S/C22H21N3O3/c26-21(24-12-17-8-4-7-16-11-23-10-9-18(16)17)20-14-25(22(27)28)13-19(20)15-5-2-1-3-6-15/h1-11,19-20H,12-14H2,(H,24,26)(H,27,28)/t19-,20+/m0/s1. The Balaban J connectivity index is 1.53. The highest BCUT2D eigenvalue weighted by Gasteiger charge is 2.40. The van der Waals surface area contributed by atoms with E-state index in [0.29, 0.717) is 13.1 Å². The topological polar surface area (TPSA) is 82.5 Å². The molecule has 0 radical (unpaired) electrons. The van der Waals surface area contributed by atoms with E-state index in [1.54, 1.807) is 12.4 Å². The van der Waals surface area contributed by atoms with Gasteiger partial charge in [-0.1, -0.05) is 48.5 Å². The molecule has 1 aliphatic heterocycles. The van der Waals surface area contributed by atoms with Crippen LogP contribution in [0.25, 0.3) is 10.8 Å². The summed E-state index contributed by atoms with van der Waals surface area (Å²) in [5, 5.41) is 14.5. The number of hydrogen-bond donors (Lipinski definition) is 2. The summed E-state index contributed by atoms with van der Waals surface area (Å²) < 4.78 is 0. The molecule has 1 saturated heterocycles. The molecule has 1 fully saturated rings. The van der Waals surface area contributed by atoms with E-state index in [0.717, 1.165) is 21.9 Å². The van der Waals surface area contributed by atoms with Crippen molar-refractivity contribution in [2.75, 3.05) is 13.1 Å². The van der Waals surface area contributed by atoms with Gasteiger partial charge in [-0.05, 0) is 22.6 Å². The summed E-state index contributed by atoms with van der Waals surface area (Å²) in [7, 11) is 0. The molecule has 0 unspecified atom stereocenters. The molecule has 0 bridgehead atoms. The van der Waals surface area contributed by atoms with E-state index < -0.39 is 12.0 Å². The highest BCUT2D eigenvalue weighted by Crippen LogP contribution is 2.33. The molecule has 2 heterocycles. The maximum Gasteiger partial charge on any atom is 0.407 e. The number of hydrogen-bond acceptors (Lipinski definition) is 3. The van der Waals surface area contributed by atoms with Gasteiger partial charge in [-0.3, -0.25) is 9.78 Å². The normalized spacial score (nSPS) is 18.9. The summed E-state index contributed by atoms with van der Waals surface area (Å²) in [6, 6.07) is 17.5. The van der Waals surface area contributed by atoms with Gasteiger partial charge in [-0.25, -0.2) is 4.79 Å². The van der Waals surface area contributed by atoms with Crippen LogP contribution < -0.4 is 5.32 Å². The van der Waals surface area contributed by atoms with Gasteiger partial charge in [0.1, 0.15) is 0 Å². The van der Waals surface area contributed by atoms with E-state index in [9.17, 15) is 14.7 Å². The lowest BCUT2D eigenvalue weighted by atomic mass is 9.88. The fraction of sp³-hybridized carbons (Fsp3) is 0.227. The average Bonchev–Trinajstić information content (AvgIpc) is 3.18. The minimum Gasteiger partial charge on any atom is -0.465 e. The van der Waals surface area contributed by atoms with Crippen LogP contribution >= 0.6 is 0 Å². The molecule has 2 atom stereocenters. The largest absolute Gasteiger partial charge is 0.465 e. The third-order valence-electron chi connectivity index (χ3n) is 5.38. The molecule has 6 heteroatoms. The summed E-state index contributed by atoms with van der Waals surface area (Å²) in [6.45, 7) is 0.933. The van der Waals surface area contributed by atoms with Gasteiger partial charge in [0.2, 0.25) is 5.91 Å². The van der Waals surface area contributed by atoms with Crippen LogP contribution in [0, 0.1) is 5.92 Å². The molecule has 1 aromatic heterocycles. The zero-order valence-electron chi connectivity index (χ0n) is 15.3. The molecule has 6 nitrogen and oxygen atoms in total. The molecule has 4 rings (SSSR count). The number of carbonyl (C=O) groups is 2. The van der Waals surface area contributed by atoms with Crippen LogP contribution in [-0.4, -0.2) is 40.1 Å². The van der Waals surface area contributed by atoms with Crippen molar-refractivity contribution < 1.29 is 14.7 Å². The maximum atomic E-state index is 13.0. The first-order valence-electron chi connectivity index (χ1n) is 9.25. The first-order chi connectivity index (χ1) is 13.6. The number of likely N-dealkylation sites (tertiary alicyclic amines) is 1. The minimum absolute atomic E-state index is 0.122. The van der Waals surface area contributed by atoms with Gasteiger partial charge >= 0.3 is 6.09 Å². The number of aromatic nitrogens is 1. The zero-order valence-corrected chi connectivity index (χ0v) is 15.3. The lowest BCUT2D eigenvalue weighted by Gasteiger charge is -2.18. The molecule has 0 saturated carbocycles. The number of nitrogens with one attached hydrogen (secondary N) is 1. The Hall–Kier alpha value is -3.41. The minimum atomic E-state index is -0.988. The van der Waals surface area contributed by atoms with Crippen molar-refractivity contribution in [1.29, 1.82) is 0 Å². The second kappa shape index (κ2) is 7.68. The Morgan fingerprint density at radius 2 is 1.89 bits per heavy atom. The fourth-order valence-electron chi connectivity index (χ4n) is 3.92. The van der Waals surface area contributed by atoms with Crippen molar-refractivity contribution in [1.82, 2.24) is 15.2 Å². The molecule has 142 valence electrons. The van der Waals surface area contributed by atoms with E-state index in [4.69, 9.17) is 0 Å². The quantitative estimate of drug-likeness (QED) is 0.733. The van der Waals surface area contributed by atoms with Crippen molar-refractivity contribution in [2.24, 2.45) is 5.92 Å². The Morgan fingerprint density at radius 1 is 1.07 bits per heavy atom.